The van der Waals surface area contributed by atoms with Gasteiger partial charge in [-0.15, -0.1) is 11.3 Å². The summed E-state index contributed by atoms with van der Waals surface area (Å²) in [5.41, 5.74) is 2.79. The Morgan fingerprint density at radius 1 is 1.21 bits per heavy atom. The first-order valence-corrected chi connectivity index (χ1v) is 11.9. The molecular formula is C24H23FN6OS. The molecule has 4 heterocycles. The maximum absolute atomic E-state index is 15.4. The number of hydrogen-bond acceptors (Lipinski definition) is 5. The predicted molar refractivity (Wildman–Crippen MR) is 126 cm³/mol. The number of aryl methyl sites for hydroxylation is 1. The summed E-state index contributed by atoms with van der Waals surface area (Å²) >= 11 is 1.58. The Morgan fingerprint density at radius 2 is 2.06 bits per heavy atom. The van der Waals surface area contributed by atoms with Crippen molar-refractivity contribution in [2.45, 2.75) is 38.8 Å². The van der Waals surface area contributed by atoms with Crippen molar-refractivity contribution in [2.75, 3.05) is 13.6 Å². The molecule has 1 aromatic carbocycles. The van der Waals surface area contributed by atoms with E-state index >= 15 is 4.39 Å². The molecule has 0 atom stereocenters. The molecule has 6 rings (SSSR count). The molecule has 168 valence electrons. The van der Waals surface area contributed by atoms with E-state index in [1.807, 2.05) is 19.2 Å². The van der Waals surface area contributed by atoms with Crippen LogP contribution in [0.1, 0.15) is 35.3 Å². The fraction of sp³-hybridized carbons (Fsp3) is 0.333. The van der Waals surface area contributed by atoms with Crippen LogP contribution >= 0.6 is 11.3 Å². The molecule has 1 aliphatic carbocycles. The number of pyridine rings is 1. The van der Waals surface area contributed by atoms with E-state index in [9.17, 15) is 4.79 Å². The van der Waals surface area contributed by atoms with Crippen molar-refractivity contribution in [3.63, 3.8) is 0 Å². The van der Waals surface area contributed by atoms with Gasteiger partial charge in [-0.05, 0) is 37.3 Å². The van der Waals surface area contributed by atoms with Gasteiger partial charge >= 0.3 is 6.03 Å². The summed E-state index contributed by atoms with van der Waals surface area (Å²) in [5.74, 6) is 1.10. The van der Waals surface area contributed by atoms with Crippen LogP contribution in [0.4, 0.5) is 9.18 Å². The van der Waals surface area contributed by atoms with E-state index in [1.165, 1.54) is 6.07 Å². The molecule has 4 aromatic rings. The van der Waals surface area contributed by atoms with Gasteiger partial charge in [0.05, 0.1) is 33.5 Å². The molecule has 1 N–H and O–H groups in total. The maximum atomic E-state index is 15.4. The molecule has 1 fully saturated rings. The van der Waals surface area contributed by atoms with Gasteiger partial charge in [-0.25, -0.2) is 19.2 Å². The van der Waals surface area contributed by atoms with Crippen LogP contribution in [0, 0.1) is 12.7 Å². The Kier molecular flexibility index (Phi) is 4.69. The normalized spacial score (nSPS) is 15.7. The van der Waals surface area contributed by atoms with Crippen LogP contribution in [0.3, 0.4) is 0 Å². The Morgan fingerprint density at radius 3 is 2.79 bits per heavy atom. The Balaban J connectivity index is 1.52. The zero-order valence-corrected chi connectivity index (χ0v) is 19.2. The number of carbonyl (C=O) groups is 1. The molecule has 0 saturated heterocycles. The minimum absolute atomic E-state index is 0.133. The minimum atomic E-state index is -0.328. The van der Waals surface area contributed by atoms with E-state index in [0.29, 0.717) is 36.8 Å². The number of amides is 2. The maximum Gasteiger partial charge on any atom is 0.317 e. The number of nitrogens with zero attached hydrogens (tertiary/aromatic N) is 5. The summed E-state index contributed by atoms with van der Waals surface area (Å²) in [6, 6.07) is 5.13. The van der Waals surface area contributed by atoms with Crippen molar-refractivity contribution >= 4 is 28.1 Å². The second kappa shape index (κ2) is 7.62. The highest BCUT2D eigenvalue weighted by Crippen LogP contribution is 2.44. The third-order valence-electron chi connectivity index (χ3n) is 6.44. The van der Waals surface area contributed by atoms with Gasteiger partial charge in [0.25, 0.3) is 0 Å². The molecule has 0 bridgehead atoms. The van der Waals surface area contributed by atoms with E-state index in [-0.39, 0.29) is 11.8 Å². The van der Waals surface area contributed by atoms with Crippen LogP contribution in [0.15, 0.2) is 30.6 Å². The zero-order chi connectivity index (χ0) is 22.7. The fourth-order valence-electron chi connectivity index (χ4n) is 4.63. The Bertz CT molecular complexity index is 1410. The number of aromatic nitrogens is 4. The predicted octanol–water partition coefficient (Wildman–Crippen LogP) is 4.70. The zero-order valence-electron chi connectivity index (χ0n) is 18.4. The number of urea groups is 1. The van der Waals surface area contributed by atoms with E-state index in [4.69, 9.17) is 4.98 Å². The minimum Gasteiger partial charge on any atom is -0.341 e. The Hall–Kier alpha value is -3.33. The molecule has 2 amide bonds. The second-order valence-corrected chi connectivity index (χ2v) is 9.86. The first kappa shape index (κ1) is 20.3. The molecule has 1 saturated carbocycles. The van der Waals surface area contributed by atoms with Crippen molar-refractivity contribution in [3.8, 4) is 21.8 Å². The number of fused-ring (bicyclic) bond motifs is 2. The van der Waals surface area contributed by atoms with Crippen LogP contribution in [0.5, 0.6) is 0 Å². The smallest absolute Gasteiger partial charge is 0.317 e. The number of carbonyl (C=O) groups excluding carboxylic acids is 1. The molecular weight excluding hydrogens is 439 g/mol. The van der Waals surface area contributed by atoms with E-state index in [1.54, 1.807) is 35.5 Å². The molecule has 3 aromatic heterocycles. The summed E-state index contributed by atoms with van der Waals surface area (Å²) in [7, 11) is 1.63. The standard InChI is InChI=1S/C24H23FN6OS/c1-13-27-11-20(33-13)18-9-15-5-6-17(25)21(16(15)10-28-18)22-19-12-30(24(32)26-2)7-8-31(19)23(29-22)14-3-4-14/h5-6,9-11,14H,3-4,7-8,12H2,1-2H3,(H,26,32). The first-order valence-electron chi connectivity index (χ1n) is 11.1. The van der Waals surface area contributed by atoms with Crippen molar-refractivity contribution in [1.82, 2.24) is 29.7 Å². The lowest BCUT2D eigenvalue weighted by Crippen LogP contribution is -2.43. The van der Waals surface area contributed by atoms with Gasteiger partial charge in [-0.1, -0.05) is 6.07 Å². The van der Waals surface area contributed by atoms with Crippen LogP contribution in [-0.4, -0.2) is 44.0 Å². The van der Waals surface area contributed by atoms with Crippen molar-refractivity contribution in [1.29, 1.82) is 0 Å². The SMILES string of the molecule is CNC(=O)N1CCn2c(C3CC3)nc(-c3c(F)ccc4cc(-c5cnc(C)s5)ncc34)c2C1. The highest BCUT2D eigenvalue weighted by atomic mass is 32.1. The van der Waals surface area contributed by atoms with Gasteiger partial charge < -0.3 is 14.8 Å². The number of halogens is 1. The summed E-state index contributed by atoms with van der Waals surface area (Å²) in [4.78, 5) is 29.0. The van der Waals surface area contributed by atoms with Crippen LogP contribution in [0.25, 0.3) is 32.6 Å². The lowest BCUT2D eigenvalue weighted by molar-refractivity contribution is 0.185. The number of hydrogen-bond donors (Lipinski definition) is 1. The average Bonchev–Trinajstić information content (AvgIpc) is 3.48. The number of rotatable bonds is 3. The van der Waals surface area contributed by atoms with Crippen LogP contribution < -0.4 is 5.32 Å². The summed E-state index contributed by atoms with van der Waals surface area (Å²) in [5, 5.41) is 5.30. The molecule has 9 heteroatoms. The summed E-state index contributed by atoms with van der Waals surface area (Å²) < 4.78 is 17.6. The fourth-order valence-corrected chi connectivity index (χ4v) is 5.37. The lowest BCUT2D eigenvalue weighted by Gasteiger charge is -2.29. The van der Waals surface area contributed by atoms with Crippen molar-refractivity contribution in [2.24, 2.45) is 0 Å². The molecule has 33 heavy (non-hydrogen) atoms. The van der Waals surface area contributed by atoms with Gasteiger partial charge in [0.15, 0.2) is 0 Å². The number of imidazole rings is 1. The third kappa shape index (κ3) is 3.38. The molecule has 0 radical (unpaired) electrons. The summed E-state index contributed by atoms with van der Waals surface area (Å²) in [6.07, 6.45) is 5.76. The van der Waals surface area contributed by atoms with E-state index < -0.39 is 0 Å². The highest BCUT2D eigenvalue weighted by Gasteiger charge is 2.35. The Labute approximate surface area is 194 Å². The largest absolute Gasteiger partial charge is 0.341 e. The highest BCUT2D eigenvalue weighted by molar-refractivity contribution is 7.15. The topological polar surface area (TPSA) is 75.9 Å². The second-order valence-electron chi connectivity index (χ2n) is 8.62. The molecule has 7 nitrogen and oxygen atoms in total. The van der Waals surface area contributed by atoms with Crippen molar-refractivity contribution in [3.05, 3.63) is 52.9 Å². The van der Waals surface area contributed by atoms with Crippen molar-refractivity contribution < 1.29 is 9.18 Å². The molecule has 0 spiro atoms. The lowest BCUT2D eigenvalue weighted by atomic mass is 10.0. The summed E-state index contributed by atoms with van der Waals surface area (Å²) in [6.45, 7) is 3.64. The monoisotopic (exact) mass is 462 g/mol. The average molecular weight is 463 g/mol. The van der Waals surface area contributed by atoms with E-state index in [2.05, 4.69) is 19.9 Å². The van der Waals surface area contributed by atoms with Crippen LogP contribution in [-0.2, 0) is 13.1 Å². The number of nitrogens with one attached hydrogen (secondary N) is 1. The van der Waals surface area contributed by atoms with Gasteiger partial charge in [0.1, 0.15) is 11.6 Å². The molecule has 2 aliphatic rings. The molecule has 0 unspecified atom stereocenters. The first-order chi connectivity index (χ1) is 16.0. The van der Waals surface area contributed by atoms with Gasteiger partial charge in [0, 0.05) is 49.4 Å². The van der Waals surface area contributed by atoms with Crippen LogP contribution in [0.2, 0.25) is 0 Å². The number of benzene rings is 1. The quantitative estimate of drug-likeness (QED) is 0.479. The molecule has 1 aliphatic heterocycles. The number of thiazole rings is 1. The van der Waals surface area contributed by atoms with E-state index in [0.717, 1.165) is 50.7 Å². The van der Waals surface area contributed by atoms with Gasteiger partial charge in [-0.3, -0.25) is 4.98 Å². The van der Waals surface area contributed by atoms with Gasteiger partial charge in [0.2, 0.25) is 0 Å². The third-order valence-corrected chi connectivity index (χ3v) is 7.38. The van der Waals surface area contributed by atoms with Gasteiger partial charge in [-0.2, -0.15) is 0 Å².